The molecule has 0 radical (unpaired) electrons. The van der Waals surface area contributed by atoms with Gasteiger partial charge in [-0.1, -0.05) is 25.1 Å². The van der Waals surface area contributed by atoms with Gasteiger partial charge in [-0.3, -0.25) is 9.59 Å². The highest BCUT2D eigenvalue weighted by Crippen LogP contribution is 2.25. The molecular weight excluding hydrogens is 395 g/mol. The third kappa shape index (κ3) is 5.88. The molecule has 0 aliphatic heterocycles. The summed E-state index contributed by atoms with van der Waals surface area (Å²) >= 11 is 0. The number of halogens is 1. The fourth-order valence-corrected chi connectivity index (χ4v) is 2.95. The van der Waals surface area contributed by atoms with Crippen LogP contribution in [0.15, 0.2) is 66.9 Å². The lowest BCUT2D eigenvalue weighted by atomic mass is 10.1. The molecule has 3 aromatic rings. The van der Waals surface area contributed by atoms with E-state index in [1.54, 1.807) is 36.0 Å². The van der Waals surface area contributed by atoms with E-state index >= 15 is 0 Å². The number of nitrogens with zero attached hydrogens (tertiary/aromatic N) is 2. The molecule has 0 aliphatic carbocycles. The molecular formula is C24H25FN4O2. The van der Waals surface area contributed by atoms with Crippen LogP contribution in [-0.2, 0) is 9.59 Å². The number of aromatic nitrogens is 2. The van der Waals surface area contributed by atoms with Crippen LogP contribution in [0.25, 0.3) is 23.0 Å². The van der Waals surface area contributed by atoms with Crippen LogP contribution in [-0.4, -0.2) is 34.2 Å². The zero-order chi connectivity index (χ0) is 22.2. The minimum atomic E-state index is -0.646. The summed E-state index contributed by atoms with van der Waals surface area (Å²) in [5.41, 5.74) is 2.88. The van der Waals surface area contributed by atoms with E-state index < -0.39 is 11.9 Å². The minimum Gasteiger partial charge on any atom is -0.354 e. The van der Waals surface area contributed by atoms with Gasteiger partial charge < -0.3 is 10.6 Å². The summed E-state index contributed by atoms with van der Waals surface area (Å²) in [5.74, 6) is -0.956. The van der Waals surface area contributed by atoms with E-state index in [4.69, 9.17) is 0 Å². The van der Waals surface area contributed by atoms with E-state index in [2.05, 4.69) is 15.7 Å². The first-order valence-electron chi connectivity index (χ1n) is 10.1. The molecule has 3 rings (SSSR count). The highest BCUT2D eigenvalue weighted by atomic mass is 19.1. The predicted octanol–water partition coefficient (Wildman–Crippen LogP) is 3.72. The summed E-state index contributed by atoms with van der Waals surface area (Å²) in [5, 5.41) is 10.0. The van der Waals surface area contributed by atoms with Crippen LogP contribution in [0.4, 0.5) is 4.39 Å². The number of rotatable bonds is 8. The molecule has 1 unspecified atom stereocenters. The maximum absolute atomic E-state index is 13.4. The third-order valence-electron chi connectivity index (χ3n) is 4.60. The molecule has 2 aromatic carbocycles. The number of para-hydroxylation sites is 1. The van der Waals surface area contributed by atoms with Crippen molar-refractivity contribution in [2.24, 2.45) is 0 Å². The van der Waals surface area contributed by atoms with E-state index in [1.165, 1.54) is 18.2 Å². The average Bonchev–Trinajstić information content (AvgIpc) is 3.21. The summed E-state index contributed by atoms with van der Waals surface area (Å²) in [4.78, 5) is 24.3. The van der Waals surface area contributed by atoms with Crippen LogP contribution in [0.3, 0.4) is 0 Å². The monoisotopic (exact) mass is 420 g/mol. The van der Waals surface area contributed by atoms with Crippen LogP contribution in [0.5, 0.6) is 0 Å². The SMILES string of the molecule is CCCNC(=O)C(C)NC(=O)/C=C/c1cn(-c2ccccc2)nc1-c1ccc(F)cc1. The van der Waals surface area contributed by atoms with Gasteiger partial charge in [0, 0.05) is 29.9 Å². The van der Waals surface area contributed by atoms with Crippen LogP contribution in [0.2, 0.25) is 0 Å². The zero-order valence-electron chi connectivity index (χ0n) is 17.5. The maximum atomic E-state index is 13.4. The first-order chi connectivity index (χ1) is 15.0. The largest absolute Gasteiger partial charge is 0.354 e. The Morgan fingerprint density at radius 1 is 1.13 bits per heavy atom. The lowest BCUT2D eigenvalue weighted by molar-refractivity contribution is -0.126. The van der Waals surface area contributed by atoms with Gasteiger partial charge in [-0.25, -0.2) is 9.07 Å². The Hall–Kier alpha value is -3.74. The Labute approximate surface area is 180 Å². The highest BCUT2D eigenvalue weighted by molar-refractivity contribution is 5.96. The van der Waals surface area contributed by atoms with Gasteiger partial charge in [0.2, 0.25) is 11.8 Å². The van der Waals surface area contributed by atoms with Crippen molar-refractivity contribution in [3.63, 3.8) is 0 Å². The summed E-state index contributed by atoms with van der Waals surface area (Å²) in [7, 11) is 0. The van der Waals surface area contributed by atoms with Crippen molar-refractivity contribution >= 4 is 17.9 Å². The molecule has 2 amide bonds. The lowest BCUT2D eigenvalue weighted by Gasteiger charge is -2.12. The van der Waals surface area contributed by atoms with Crippen molar-refractivity contribution in [2.75, 3.05) is 6.54 Å². The van der Waals surface area contributed by atoms with E-state index in [0.29, 0.717) is 17.8 Å². The van der Waals surface area contributed by atoms with Gasteiger partial charge in [0.25, 0.3) is 0 Å². The van der Waals surface area contributed by atoms with E-state index in [1.807, 2.05) is 37.3 Å². The predicted molar refractivity (Wildman–Crippen MR) is 119 cm³/mol. The molecule has 1 heterocycles. The molecule has 6 nitrogen and oxygen atoms in total. The molecule has 0 saturated heterocycles. The highest BCUT2D eigenvalue weighted by Gasteiger charge is 2.14. The average molecular weight is 420 g/mol. The molecule has 31 heavy (non-hydrogen) atoms. The summed E-state index contributed by atoms with van der Waals surface area (Å²) in [6.07, 6.45) is 5.62. The Morgan fingerprint density at radius 3 is 2.52 bits per heavy atom. The van der Waals surface area contributed by atoms with E-state index in [-0.39, 0.29) is 11.7 Å². The van der Waals surface area contributed by atoms with Crippen LogP contribution >= 0.6 is 0 Å². The van der Waals surface area contributed by atoms with Gasteiger partial charge in [0.15, 0.2) is 0 Å². The standard InChI is InChI=1S/C24H25FN4O2/c1-3-15-26-24(31)17(2)27-22(30)14-11-19-16-29(21-7-5-4-6-8-21)28-23(19)18-9-12-20(25)13-10-18/h4-14,16-17H,3,15H2,1-2H3,(H,26,31)(H,27,30)/b14-11+. The van der Waals surface area contributed by atoms with Crippen molar-refractivity contribution in [1.82, 2.24) is 20.4 Å². The number of carbonyl (C=O) groups excluding carboxylic acids is 2. The summed E-state index contributed by atoms with van der Waals surface area (Å²) in [6, 6.07) is 14.9. The third-order valence-corrected chi connectivity index (χ3v) is 4.60. The molecule has 0 aliphatic rings. The summed E-state index contributed by atoms with van der Waals surface area (Å²) in [6.45, 7) is 4.16. The Morgan fingerprint density at radius 2 is 1.84 bits per heavy atom. The van der Waals surface area contributed by atoms with Crippen molar-refractivity contribution in [2.45, 2.75) is 26.3 Å². The lowest BCUT2D eigenvalue weighted by Crippen LogP contribution is -2.44. The van der Waals surface area contributed by atoms with Gasteiger partial charge in [0.1, 0.15) is 11.9 Å². The first-order valence-corrected chi connectivity index (χ1v) is 10.1. The zero-order valence-corrected chi connectivity index (χ0v) is 17.5. The molecule has 1 atom stereocenters. The topological polar surface area (TPSA) is 76.0 Å². The van der Waals surface area contributed by atoms with Crippen molar-refractivity contribution in [1.29, 1.82) is 0 Å². The van der Waals surface area contributed by atoms with Gasteiger partial charge in [-0.2, -0.15) is 5.10 Å². The van der Waals surface area contributed by atoms with Gasteiger partial charge in [-0.15, -0.1) is 0 Å². The quantitative estimate of drug-likeness (QED) is 0.546. The molecule has 0 fully saturated rings. The van der Waals surface area contributed by atoms with Gasteiger partial charge in [0.05, 0.1) is 11.4 Å². The normalized spacial score (nSPS) is 12.0. The Bertz CT molecular complexity index is 1060. The second-order valence-electron chi connectivity index (χ2n) is 7.07. The van der Waals surface area contributed by atoms with E-state index in [9.17, 15) is 14.0 Å². The number of carbonyl (C=O) groups is 2. The molecule has 0 bridgehead atoms. The first kappa shape index (κ1) is 22.0. The number of nitrogens with one attached hydrogen (secondary N) is 2. The second-order valence-corrected chi connectivity index (χ2v) is 7.07. The van der Waals surface area contributed by atoms with E-state index in [0.717, 1.165) is 17.7 Å². The molecule has 7 heteroatoms. The van der Waals surface area contributed by atoms with Crippen molar-refractivity contribution in [3.8, 4) is 16.9 Å². The number of amides is 2. The number of hydrogen-bond acceptors (Lipinski definition) is 3. The molecule has 0 spiro atoms. The fraction of sp³-hybridized carbons (Fsp3) is 0.208. The molecule has 160 valence electrons. The van der Waals surface area contributed by atoms with Crippen LogP contribution in [0.1, 0.15) is 25.8 Å². The Kier molecular flexibility index (Phi) is 7.32. The fourth-order valence-electron chi connectivity index (χ4n) is 2.95. The van der Waals surface area contributed by atoms with Crippen LogP contribution in [0, 0.1) is 5.82 Å². The second kappa shape index (κ2) is 10.3. The molecule has 2 N–H and O–H groups in total. The smallest absolute Gasteiger partial charge is 0.244 e. The Balaban J connectivity index is 1.83. The van der Waals surface area contributed by atoms with Crippen molar-refractivity contribution in [3.05, 3.63) is 78.3 Å². The van der Waals surface area contributed by atoms with Crippen LogP contribution < -0.4 is 10.6 Å². The summed E-state index contributed by atoms with van der Waals surface area (Å²) < 4.78 is 15.1. The number of benzene rings is 2. The molecule has 1 aromatic heterocycles. The maximum Gasteiger partial charge on any atom is 0.244 e. The minimum absolute atomic E-state index is 0.229. The van der Waals surface area contributed by atoms with Gasteiger partial charge in [-0.05, 0) is 55.8 Å². The molecule has 0 saturated carbocycles. The number of hydrogen-bond donors (Lipinski definition) is 2. The van der Waals surface area contributed by atoms with Gasteiger partial charge >= 0.3 is 0 Å². The van der Waals surface area contributed by atoms with Crippen molar-refractivity contribution < 1.29 is 14.0 Å².